The van der Waals surface area contributed by atoms with Gasteiger partial charge in [-0.1, -0.05) is 70.5 Å². The molecule has 1 aliphatic rings. The molecular formula is C29H19BrN2O5S. The summed E-state index contributed by atoms with van der Waals surface area (Å²) in [7, 11) is 0. The quantitative estimate of drug-likeness (QED) is 0.157. The molecule has 9 heteroatoms. The fourth-order valence-corrected chi connectivity index (χ4v) is 5.13. The molecule has 0 atom stereocenters. The number of ether oxygens (including phenoxy) is 1. The minimum absolute atomic E-state index is 0.114. The smallest absolute Gasteiger partial charge is 0.344 e. The van der Waals surface area contributed by atoms with E-state index in [-0.39, 0.29) is 10.7 Å². The molecule has 0 unspecified atom stereocenters. The number of fused-ring (bicyclic) bond motifs is 1. The van der Waals surface area contributed by atoms with Gasteiger partial charge in [0.15, 0.2) is 0 Å². The number of nitrogens with one attached hydrogen (secondary N) is 1. The van der Waals surface area contributed by atoms with Crippen LogP contribution in [0.25, 0.3) is 16.8 Å². The first-order valence-corrected chi connectivity index (χ1v) is 13.1. The van der Waals surface area contributed by atoms with E-state index in [0.29, 0.717) is 21.3 Å². The van der Waals surface area contributed by atoms with Crippen molar-refractivity contribution in [2.45, 2.75) is 0 Å². The van der Waals surface area contributed by atoms with Crippen molar-refractivity contribution in [2.24, 2.45) is 0 Å². The molecule has 3 amide bonds. The molecule has 0 saturated carbocycles. The second-order valence-electron chi connectivity index (χ2n) is 8.28. The van der Waals surface area contributed by atoms with Crippen molar-refractivity contribution in [3.05, 3.63) is 112 Å². The van der Waals surface area contributed by atoms with Crippen LogP contribution >= 0.6 is 27.7 Å². The number of rotatable bonds is 6. The summed E-state index contributed by atoms with van der Waals surface area (Å²) in [5.41, 5.74) is 1.39. The van der Waals surface area contributed by atoms with Gasteiger partial charge in [-0.3, -0.25) is 19.3 Å². The topological polar surface area (TPSA) is 92.8 Å². The lowest BCUT2D eigenvalue weighted by molar-refractivity contribution is -0.127. The summed E-state index contributed by atoms with van der Waals surface area (Å²) in [6, 6.07) is 26.6. The number of carbonyl (C=O) groups excluding carboxylic acids is 4. The highest BCUT2D eigenvalue weighted by molar-refractivity contribution is 9.10. The van der Waals surface area contributed by atoms with E-state index in [2.05, 4.69) is 21.2 Å². The predicted octanol–water partition coefficient (Wildman–Crippen LogP) is 6.50. The van der Waals surface area contributed by atoms with Crippen molar-refractivity contribution >= 4 is 73.3 Å². The van der Waals surface area contributed by atoms with Crippen LogP contribution in [-0.2, 0) is 9.59 Å². The number of hydrogen-bond donors (Lipinski definition) is 1. The average Bonchev–Trinajstić information content (AvgIpc) is 3.17. The Kier molecular flexibility index (Phi) is 7.39. The SMILES string of the molecule is O=C(CN1C(=O)S/C(=C\c2cc(Br)ccc2OC(=O)c2cccc3ccccc23)C1=O)Nc1ccccc1. The first-order chi connectivity index (χ1) is 18.4. The number of thioether (sulfide) groups is 1. The molecule has 38 heavy (non-hydrogen) atoms. The standard InChI is InChI=1S/C29H19BrN2O5S/c30-20-13-14-24(37-28(35)23-12-6-8-18-7-4-5-11-22(18)23)19(15-20)16-25-27(34)32(29(36)38-25)17-26(33)31-21-9-2-1-3-10-21/h1-16H,17H2,(H,31,33)/b25-16-. The van der Waals surface area contributed by atoms with Gasteiger partial charge in [0.05, 0.1) is 10.5 Å². The maximum atomic E-state index is 13.1. The molecule has 0 bridgehead atoms. The molecule has 188 valence electrons. The zero-order valence-corrected chi connectivity index (χ0v) is 22.1. The number of imide groups is 1. The summed E-state index contributed by atoms with van der Waals surface area (Å²) in [4.78, 5) is 52.1. The van der Waals surface area contributed by atoms with Crippen LogP contribution in [-0.4, -0.2) is 34.5 Å². The van der Waals surface area contributed by atoms with Crippen molar-refractivity contribution in [3.8, 4) is 5.75 Å². The Labute approximate surface area is 230 Å². The monoisotopic (exact) mass is 586 g/mol. The van der Waals surface area contributed by atoms with E-state index in [1.807, 2.05) is 36.4 Å². The molecule has 0 aliphatic carbocycles. The Morgan fingerprint density at radius 3 is 2.47 bits per heavy atom. The summed E-state index contributed by atoms with van der Waals surface area (Å²) in [6.45, 7) is -0.418. The molecule has 5 rings (SSSR count). The Bertz CT molecular complexity index is 1610. The van der Waals surface area contributed by atoms with E-state index >= 15 is 0 Å². The molecule has 0 aromatic heterocycles. The number of hydrogen-bond acceptors (Lipinski definition) is 6. The molecule has 0 radical (unpaired) electrons. The highest BCUT2D eigenvalue weighted by Crippen LogP contribution is 2.35. The Balaban J connectivity index is 1.37. The van der Waals surface area contributed by atoms with E-state index in [1.165, 1.54) is 6.08 Å². The third kappa shape index (κ3) is 5.53. The first kappa shape index (κ1) is 25.4. The third-order valence-electron chi connectivity index (χ3n) is 5.70. The van der Waals surface area contributed by atoms with Crippen LogP contribution in [0.4, 0.5) is 10.5 Å². The number of nitrogens with zero attached hydrogens (tertiary/aromatic N) is 1. The zero-order valence-electron chi connectivity index (χ0n) is 19.7. The number of carbonyl (C=O) groups is 4. The van der Waals surface area contributed by atoms with Crippen LogP contribution < -0.4 is 10.1 Å². The zero-order chi connectivity index (χ0) is 26.6. The molecular weight excluding hydrogens is 568 g/mol. The summed E-state index contributed by atoms with van der Waals surface area (Å²) in [6.07, 6.45) is 1.48. The lowest BCUT2D eigenvalue weighted by Crippen LogP contribution is -2.36. The van der Waals surface area contributed by atoms with E-state index in [9.17, 15) is 19.2 Å². The van der Waals surface area contributed by atoms with Gasteiger partial charge in [-0.15, -0.1) is 0 Å². The van der Waals surface area contributed by atoms with Crippen LogP contribution in [0.2, 0.25) is 0 Å². The van der Waals surface area contributed by atoms with Gasteiger partial charge in [0.25, 0.3) is 11.1 Å². The normalized spacial score (nSPS) is 14.2. The molecule has 1 N–H and O–H groups in total. The number of esters is 1. The van der Waals surface area contributed by atoms with Gasteiger partial charge in [-0.2, -0.15) is 0 Å². The van der Waals surface area contributed by atoms with Gasteiger partial charge < -0.3 is 10.1 Å². The van der Waals surface area contributed by atoms with Crippen molar-refractivity contribution in [2.75, 3.05) is 11.9 Å². The van der Waals surface area contributed by atoms with Crippen molar-refractivity contribution in [3.63, 3.8) is 0 Å². The lowest BCUT2D eigenvalue weighted by Gasteiger charge is -2.12. The lowest BCUT2D eigenvalue weighted by atomic mass is 10.0. The fraction of sp³-hybridized carbons (Fsp3) is 0.0345. The van der Waals surface area contributed by atoms with Crippen LogP contribution in [0.1, 0.15) is 15.9 Å². The molecule has 7 nitrogen and oxygen atoms in total. The van der Waals surface area contributed by atoms with Crippen molar-refractivity contribution in [1.29, 1.82) is 0 Å². The summed E-state index contributed by atoms with van der Waals surface area (Å²) >= 11 is 4.12. The first-order valence-electron chi connectivity index (χ1n) is 11.5. The van der Waals surface area contributed by atoms with E-state index in [4.69, 9.17) is 4.74 Å². The van der Waals surface area contributed by atoms with Crippen LogP contribution in [0.5, 0.6) is 5.75 Å². The summed E-state index contributed by atoms with van der Waals surface area (Å²) in [5.74, 6) is -1.43. The Hall–Kier alpha value is -4.21. The van der Waals surface area contributed by atoms with E-state index in [0.717, 1.165) is 27.4 Å². The second-order valence-corrected chi connectivity index (χ2v) is 10.2. The molecule has 0 spiro atoms. The predicted molar refractivity (Wildman–Crippen MR) is 151 cm³/mol. The van der Waals surface area contributed by atoms with Crippen LogP contribution in [0.15, 0.2) is 100 Å². The van der Waals surface area contributed by atoms with Gasteiger partial charge in [-0.25, -0.2) is 4.79 Å². The number of halogens is 1. The molecule has 4 aromatic carbocycles. The van der Waals surface area contributed by atoms with E-state index < -0.39 is 29.6 Å². The molecule has 1 aliphatic heterocycles. The molecule has 4 aromatic rings. The number of amides is 3. The van der Waals surface area contributed by atoms with E-state index in [1.54, 1.807) is 54.6 Å². The minimum Gasteiger partial charge on any atom is -0.422 e. The minimum atomic E-state index is -0.602. The van der Waals surface area contributed by atoms with Gasteiger partial charge in [-0.05, 0) is 65.0 Å². The maximum absolute atomic E-state index is 13.1. The molecule has 1 saturated heterocycles. The van der Waals surface area contributed by atoms with Gasteiger partial charge >= 0.3 is 5.97 Å². The Morgan fingerprint density at radius 2 is 1.66 bits per heavy atom. The van der Waals surface area contributed by atoms with Crippen LogP contribution in [0.3, 0.4) is 0 Å². The largest absolute Gasteiger partial charge is 0.422 e. The Morgan fingerprint density at radius 1 is 0.921 bits per heavy atom. The highest BCUT2D eigenvalue weighted by Gasteiger charge is 2.36. The maximum Gasteiger partial charge on any atom is 0.344 e. The number of benzene rings is 4. The fourth-order valence-electron chi connectivity index (χ4n) is 3.93. The second kappa shape index (κ2) is 11.0. The number of anilines is 1. The van der Waals surface area contributed by atoms with Crippen LogP contribution in [0, 0.1) is 0 Å². The van der Waals surface area contributed by atoms with Gasteiger partial charge in [0.2, 0.25) is 5.91 Å². The summed E-state index contributed by atoms with van der Waals surface area (Å²) < 4.78 is 6.43. The molecule has 1 fully saturated rings. The van der Waals surface area contributed by atoms with Gasteiger partial charge in [0, 0.05) is 15.7 Å². The van der Waals surface area contributed by atoms with Gasteiger partial charge in [0.1, 0.15) is 12.3 Å². The third-order valence-corrected chi connectivity index (χ3v) is 7.10. The van der Waals surface area contributed by atoms with Crippen molar-refractivity contribution in [1.82, 2.24) is 4.90 Å². The van der Waals surface area contributed by atoms with Crippen molar-refractivity contribution < 1.29 is 23.9 Å². The summed E-state index contributed by atoms with van der Waals surface area (Å²) in [5, 5.41) is 3.77. The number of para-hydroxylation sites is 1. The highest BCUT2D eigenvalue weighted by atomic mass is 79.9. The molecule has 1 heterocycles. The average molecular weight is 587 g/mol.